The molecule has 0 atom stereocenters. The molecule has 0 saturated carbocycles. The molecule has 0 unspecified atom stereocenters. The van der Waals surface area contributed by atoms with Gasteiger partial charge in [0, 0.05) is 14.6 Å². The molecule has 3 rings (SSSR count). The van der Waals surface area contributed by atoms with Crippen molar-refractivity contribution in [1.82, 2.24) is 0 Å². The van der Waals surface area contributed by atoms with Crippen molar-refractivity contribution in [2.24, 2.45) is 0 Å². The third-order valence-electron chi connectivity index (χ3n) is 3.04. The summed E-state index contributed by atoms with van der Waals surface area (Å²) in [5, 5.41) is 10.2. The van der Waals surface area contributed by atoms with Gasteiger partial charge in [-0.05, 0) is 29.8 Å². The molecule has 0 saturated heterocycles. The van der Waals surface area contributed by atoms with Gasteiger partial charge in [0.25, 0.3) is 0 Å². The Morgan fingerprint density at radius 1 is 1.14 bits per heavy atom. The van der Waals surface area contributed by atoms with Crippen molar-refractivity contribution in [3.63, 3.8) is 0 Å². The van der Waals surface area contributed by atoms with Crippen LogP contribution in [-0.4, -0.2) is 11.1 Å². The molecule has 0 aliphatic rings. The molecule has 1 heterocycles. The number of thiophene rings is 1. The molecular weight excluding hydrogens is 352 g/mol. The normalized spacial score (nSPS) is 10.7. The van der Waals surface area contributed by atoms with E-state index >= 15 is 0 Å². The molecule has 5 heteroatoms. The van der Waals surface area contributed by atoms with Crippen LogP contribution < -0.4 is 4.74 Å². The number of rotatable bonds is 4. The molecule has 3 nitrogen and oxygen atoms in total. The van der Waals surface area contributed by atoms with Gasteiger partial charge in [-0.2, -0.15) is 0 Å². The van der Waals surface area contributed by atoms with Crippen LogP contribution in [0, 0.1) is 0 Å². The molecule has 0 radical (unpaired) electrons. The standard InChI is InChI=1S/C16H11BrO3S/c17-11-7-5-10(6-8-11)9-20-14-12-3-1-2-4-13(12)21-15(14)16(18)19/h1-8H,9H2,(H,18,19). The fourth-order valence-corrected chi connectivity index (χ4v) is 3.29. The zero-order chi connectivity index (χ0) is 14.8. The van der Waals surface area contributed by atoms with Crippen LogP contribution in [0.1, 0.15) is 15.2 Å². The van der Waals surface area contributed by atoms with Gasteiger partial charge in [0.05, 0.1) is 0 Å². The van der Waals surface area contributed by atoms with E-state index in [1.807, 2.05) is 48.5 Å². The van der Waals surface area contributed by atoms with E-state index < -0.39 is 5.97 Å². The first-order valence-electron chi connectivity index (χ1n) is 6.27. The molecule has 0 aliphatic heterocycles. The predicted molar refractivity (Wildman–Crippen MR) is 87.3 cm³/mol. The molecular formula is C16H11BrO3S. The van der Waals surface area contributed by atoms with Gasteiger partial charge in [-0.1, -0.05) is 40.2 Å². The van der Waals surface area contributed by atoms with Gasteiger partial charge in [-0.25, -0.2) is 4.79 Å². The first-order valence-corrected chi connectivity index (χ1v) is 7.88. The number of carboxylic acid groups (broad SMARTS) is 1. The summed E-state index contributed by atoms with van der Waals surface area (Å²) in [6.45, 7) is 0.342. The zero-order valence-corrected chi connectivity index (χ0v) is 13.3. The van der Waals surface area contributed by atoms with Crippen LogP contribution in [0.4, 0.5) is 0 Å². The second kappa shape index (κ2) is 5.87. The van der Waals surface area contributed by atoms with Gasteiger partial charge in [0.1, 0.15) is 6.61 Å². The van der Waals surface area contributed by atoms with Gasteiger partial charge in [0.15, 0.2) is 10.6 Å². The average Bonchev–Trinajstić information content (AvgIpc) is 2.86. The highest BCUT2D eigenvalue weighted by Gasteiger charge is 2.18. The number of halogens is 1. The highest BCUT2D eigenvalue weighted by atomic mass is 79.9. The van der Waals surface area contributed by atoms with Gasteiger partial charge < -0.3 is 9.84 Å². The fraction of sp³-hybridized carbons (Fsp3) is 0.0625. The fourth-order valence-electron chi connectivity index (χ4n) is 2.04. The van der Waals surface area contributed by atoms with Crippen molar-refractivity contribution in [2.75, 3.05) is 0 Å². The monoisotopic (exact) mass is 362 g/mol. The van der Waals surface area contributed by atoms with Crippen LogP contribution in [0.15, 0.2) is 53.0 Å². The number of aromatic carboxylic acids is 1. The van der Waals surface area contributed by atoms with E-state index in [2.05, 4.69) is 15.9 Å². The number of benzene rings is 2. The first kappa shape index (κ1) is 14.1. The molecule has 0 aliphatic carbocycles. The topological polar surface area (TPSA) is 46.5 Å². The molecule has 21 heavy (non-hydrogen) atoms. The Kier molecular flexibility index (Phi) is 3.94. The lowest BCUT2D eigenvalue weighted by atomic mass is 10.2. The van der Waals surface area contributed by atoms with E-state index in [0.717, 1.165) is 20.1 Å². The van der Waals surface area contributed by atoms with E-state index in [1.165, 1.54) is 11.3 Å². The minimum Gasteiger partial charge on any atom is -0.486 e. The summed E-state index contributed by atoms with van der Waals surface area (Å²) >= 11 is 4.62. The van der Waals surface area contributed by atoms with Gasteiger partial charge in [0.2, 0.25) is 0 Å². The second-order valence-electron chi connectivity index (χ2n) is 4.48. The van der Waals surface area contributed by atoms with E-state index in [9.17, 15) is 9.90 Å². The average molecular weight is 363 g/mol. The predicted octanol–water partition coefficient (Wildman–Crippen LogP) is 4.94. The van der Waals surface area contributed by atoms with Crippen LogP contribution in [0.25, 0.3) is 10.1 Å². The molecule has 1 aromatic heterocycles. The van der Waals surface area contributed by atoms with E-state index in [-0.39, 0.29) is 4.88 Å². The number of fused-ring (bicyclic) bond motifs is 1. The first-order chi connectivity index (χ1) is 10.1. The Bertz CT molecular complexity index is 793. The summed E-state index contributed by atoms with van der Waals surface area (Å²) in [6, 6.07) is 15.3. The number of hydrogen-bond acceptors (Lipinski definition) is 3. The van der Waals surface area contributed by atoms with Crippen molar-refractivity contribution in [3.8, 4) is 5.75 Å². The van der Waals surface area contributed by atoms with Crippen LogP contribution in [-0.2, 0) is 6.61 Å². The summed E-state index contributed by atoms with van der Waals surface area (Å²) in [5.74, 6) is -0.506. The van der Waals surface area contributed by atoms with E-state index in [4.69, 9.17) is 4.74 Å². The summed E-state index contributed by atoms with van der Waals surface area (Å²) in [7, 11) is 0. The second-order valence-corrected chi connectivity index (χ2v) is 6.44. The molecule has 0 fully saturated rings. The van der Waals surface area contributed by atoms with E-state index in [0.29, 0.717) is 12.4 Å². The van der Waals surface area contributed by atoms with Crippen LogP contribution in [0.5, 0.6) is 5.75 Å². The van der Waals surface area contributed by atoms with Gasteiger partial charge >= 0.3 is 5.97 Å². The summed E-state index contributed by atoms with van der Waals surface area (Å²) in [6.07, 6.45) is 0. The zero-order valence-electron chi connectivity index (χ0n) is 10.9. The van der Waals surface area contributed by atoms with Crippen LogP contribution >= 0.6 is 27.3 Å². The number of carbonyl (C=O) groups is 1. The summed E-state index contributed by atoms with van der Waals surface area (Å²) < 4.78 is 7.71. The van der Waals surface area contributed by atoms with Gasteiger partial charge in [-0.3, -0.25) is 0 Å². The molecule has 1 N–H and O–H groups in total. The molecule has 106 valence electrons. The largest absolute Gasteiger partial charge is 0.486 e. The molecule has 0 amide bonds. The molecule has 0 bridgehead atoms. The van der Waals surface area contributed by atoms with Crippen molar-refractivity contribution in [1.29, 1.82) is 0 Å². The lowest BCUT2D eigenvalue weighted by Gasteiger charge is -2.07. The Hall–Kier alpha value is -1.85. The van der Waals surface area contributed by atoms with E-state index in [1.54, 1.807) is 0 Å². The maximum Gasteiger partial charge on any atom is 0.349 e. The number of hydrogen-bond donors (Lipinski definition) is 1. The Morgan fingerprint density at radius 3 is 2.57 bits per heavy atom. The lowest BCUT2D eigenvalue weighted by molar-refractivity contribution is 0.0698. The maximum absolute atomic E-state index is 11.4. The smallest absolute Gasteiger partial charge is 0.349 e. The van der Waals surface area contributed by atoms with Gasteiger partial charge in [-0.15, -0.1) is 11.3 Å². The Morgan fingerprint density at radius 2 is 1.86 bits per heavy atom. The number of ether oxygens (including phenoxy) is 1. The molecule has 0 spiro atoms. The van der Waals surface area contributed by atoms with Crippen molar-refractivity contribution >= 4 is 43.3 Å². The van der Waals surface area contributed by atoms with Crippen molar-refractivity contribution in [3.05, 3.63) is 63.4 Å². The number of carboxylic acids is 1. The Labute approximate surface area is 133 Å². The summed E-state index contributed by atoms with van der Waals surface area (Å²) in [5.41, 5.74) is 0.991. The molecule has 3 aromatic rings. The summed E-state index contributed by atoms with van der Waals surface area (Å²) in [4.78, 5) is 11.6. The third kappa shape index (κ3) is 2.94. The van der Waals surface area contributed by atoms with Crippen LogP contribution in [0.2, 0.25) is 0 Å². The quantitative estimate of drug-likeness (QED) is 0.714. The SMILES string of the molecule is O=C(O)c1sc2ccccc2c1OCc1ccc(Br)cc1. The van der Waals surface area contributed by atoms with Crippen molar-refractivity contribution in [2.45, 2.75) is 6.61 Å². The third-order valence-corrected chi connectivity index (χ3v) is 4.71. The van der Waals surface area contributed by atoms with Crippen molar-refractivity contribution < 1.29 is 14.6 Å². The van der Waals surface area contributed by atoms with Crippen LogP contribution in [0.3, 0.4) is 0 Å². The minimum atomic E-state index is -0.956. The lowest BCUT2D eigenvalue weighted by Crippen LogP contribution is -2.00. The highest BCUT2D eigenvalue weighted by Crippen LogP contribution is 2.38. The Balaban J connectivity index is 1.93. The highest BCUT2D eigenvalue weighted by molar-refractivity contribution is 9.10. The maximum atomic E-state index is 11.4. The molecule has 2 aromatic carbocycles. The minimum absolute atomic E-state index is 0.244.